The van der Waals surface area contributed by atoms with Gasteiger partial charge in [0.2, 0.25) is 5.91 Å². The number of hydrogen-bond donors (Lipinski definition) is 2. The lowest BCUT2D eigenvalue weighted by atomic mass is 10.1. The predicted octanol–water partition coefficient (Wildman–Crippen LogP) is 2.98. The second kappa shape index (κ2) is 11.3. The van der Waals surface area contributed by atoms with Crippen LogP contribution in [0.5, 0.6) is 0 Å². The van der Waals surface area contributed by atoms with Crippen LogP contribution in [0.1, 0.15) is 57.9 Å². The van der Waals surface area contributed by atoms with Crippen LogP contribution in [-0.2, 0) is 19.1 Å². The van der Waals surface area contributed by atoms with Gasteiger partial charge >= 0.3 is 5.97 Å². The van der Waals surface area contributed by atoms with Crippen LogP contribution in [0.2, 0.25) is 0 Å². The van der Waals surface area contributed by atoms with E-state index >= 15 is 0 Å². The maximum Gasteiger partial charge on any atom is 0.329 e. The zero-order valence-electron chi connectivity index (χ0n) is 16.6. The van der Waals surface area contributed by atoms with E-state index in [1.165, 1.54) is 25.8 Å². The van der Waals surface area contributed by atoms with Crippen LogP contribution in [0.3, 0.4) is 0 Å². The Morgan fingerprint density at radius 3 is 2.32 bits per heavy atom. The lowest BCUT2D eigenvalue weighted by Gasteiger charge is -2.21. The Balaban J connectivity index is 1.76. The summed E-state index contributed by atoms with van der Waals surface area (Å²) in [5.41, 5.74) is 0.886. The molecular formula is C22H30N2O4. The number of carbonyl (C=O) groups is 3. The fraction of sp³-hybridized carbons (Fsp3) is 0.500. The number of benzene rings is 1. The highest BCUT2D eigenvalue weighted by Crippen LogP contribution is 2.17. The fourth-order valence-electron chi connectivity index (χ4n) is 3.13. The minimum atomic E-state index is -0.894. The summed E-state index contributed by atoms with van der Waals surface area (Å²) in [6, 6.07) is 8.69. The Morgan fingerprint density at radius 2 is 1.68 bits per heavy atom. The average Bonchev–Trinajstić information content (AvgIpc) is 2.95. The quantitative estimate of drug-likeness (QED) is 0.429. The largest absolute Gasteiger partial charge is 0.451 e. The number of hydrogen-bond acceptors (Lipinski definition) is 4. The molecule has 0 radical (unpaired) electrons. The summed E-state index contributed by atoms with van der Waals surface area (Å²) in [7, 11) is 0. The third-order valence-corrected chi connectivity index (χ3v) is 4.80. The first kappa shape index (κ1) is 21.7. The summed E-state index contributed by atoms with van der Waals surface area (Å²) in [6.45, 7) is 3.08. The molecule has 0 bridgehead atoms. The lowest BCUT2D eigenvalue weighted by Crippen LogP contribution is -2.45. The summed E-state index contributed by atoms with van der Waals surface area (Å²) in [4.78, 5) is 36.4. The van der Waals surface area contributed by atoms with Gasteiger partial charge in [0.05, 0.1) is 0 Å². The Bertz CT molecular complexity index is 679. The number of ether oxygens (including phenoxy) is 1. The summed E-state index contributed by atoms with van der Waals surface area (Å²) in [5, 5.41) is 5.52. The normalized spacial score (nSPS) is 17.4. The first-order valence-electron chi connectivity index (χ1n) is 10.00. The van der Waals surface area contributed by atoms with E-state index in [0.29, 0.717) is 0 Å². The molecule has 0 aliphatic heterocycles. The van der Waals surface area contributed by atoms with E-state index in [9.17, 15) is 14.4 Å². The van der Waals surface area contributed by atoms with Crippen molar-refractivity contribution in [1.82, 2.24) is 10.6 Å². The third kappa shape index (κ3) is 7.55. The molecule has 152 valence electrons. The standard InChI is InChI=1S/C22H30N2O4/c1-16(23-20(25)15-14-18-10-6-5-7-11-18)22(27)28-17(2)21(26)24-19-12-8-3-4-9-13-19/h5-7,10-11,14-17,19H,3-4,8-9,12-13H2,1-2H3,(H,23,25)(H,24,26)/b15-14+/t16-,17+/m0/s1. The van der Waals surface area contributed by atoms with Gasteiger partial charge in [-0.15, -0.1) is 0 Å². The maximum absolute atomic E-state index is 12.3. The van der Waals surface area contributed by atoms with Gasteiger partial charge in [0, 0.05) is 12.1 Å². The Labute approximate surface area is 166 Å². The molecule has 1 fully saturated rings. The van der Waals surface area contributed by atoms with Crippen molar-refractivity contribution in [3.05, 3.63) is 42.0 Å². The van der Waals surface area contributed by atoms with Crippen LogP contribution in [0.25, 0.3) is 6.08 Å². The molecule has 0 saturated heterocycles. The molecule has 1 saturated carbocycles. The number of esters is 1. The lowest BCUT2D eigenvalue weighted by molar-refractivity contribution is -0.157. The first-order valence-corrected chi connectivity index (χ1v) is 10.00. The van der Waals surface area contributed by atoms with Gasteiger partial charge in [0.25, 0.3) is 5.91 Å². The van der Waals surface area contributed by atoms with E-state index in [2.05, 4.69) is 10.6 Å². The van der Waals surface area contributed by atoms with Gasteiger partial charge in [0.15, 0.2) is 6.10 Å². The van der Waals surface area contributed by atoms with Crippen LogP contribution in [0.4, 0.5) is 0 Å². The monoisotopic (exact) mass is 386 g/mol. The van der Waals surface area contributed by atoms with E-state index in [1.54, 1.807) is 13.0 Å². The van der Waals surface area contributed by atoms with Crippen molar-refractivity contribution in [2.45, 2.75) is 70.6 Å². The Hall–Kier alpha value is -2.63. The van der Waals surface area contributed by atoms with Crippen molar-refractivity contribution in [1.29, 1.82) is 0 Å². The summed E-state index contributed by atoms with van der Waals surface area (Å²) in [5.74, 6) is -1.32. The molecule has 0 aromatic heterocycles. The van der Waals surface area contributed by atoms with Crippen molar-refractivity contribution in [2.24, 2.45) is 0 Å². The molecule has 0 unspecified atom stereocenters. The highest BCUT2D eigenvalue weighted by molar-refractivity contribution is 5.94. The molecule has 0 spiro atoms. The molecule has 28 heavy (non-hydrogen) atoms. The minimum Gasteiger partial charge on any atom is -0.451 e. The minimum absolute atomic E-state index is 0.149. The molecule has 1 aliphatic rings. The van der Waals surface area contributed by atoms with Crippen molar-refractivity contribution >= 4 is 23.9 Å². The van der Waals surface area contributed by atoms with Crippen molar-refractivity contribution in [3.63, 3.8) is 0 Å². The molecule has 2 N–H and O–H groups in total. The smallest absolute Gasteiger partial charge is 0.329 e. The van der Waals surface area contributed by atoms with Crippen molar-refractivity contribution in [2.75, 3.05) is 0 Å². The zero-order valence-corrected chi connectivity index (χ0v) is 16.6. The predicted molar refractivity (Wildman–Crippen MR) is 108 cm³/mol. The zero-order chi connectivity index (χ0) is 20.4. The van der Waals surface area contributed by atoms with Gasteiger partial charge in [0.1, 0.15) is 6.04 Å². The second-order valence-electron chi connectivity index (χ2n) is 7.25. The molecule has 2 rings (SSSR count). The number of amides is 2. The number of carbonyl (C=O) groups excluding carboxylic acids is 3. The summed E-state index contributed by atoms with van der Waals surface area (Å²) < 4.78 is 5.22. The van der Waals surface area contributed by atoms with Crippen LogP contribution >= 0.6 is 0 Å². The van der Waals surface area contributed by atoms with Crippen LogP contribution < -0.4 is 10.6 Å². The third-order valence-electron chi connectivity index (χ3n) is 4.80. The van der Waals surface area contributed by atoms with E-state index in [4.69, 9.17) is 4.74 Å². The van der Waals surface area contributed by atoms with E-state index in [1.807, 2.05) is 30.3 Å². The molecule has 1 aromatic rings. The van der Waals surface area contributed by atoms with Gasteiger partial charge in [-0.1, -0.05) is 56.0 Å². The van der Waals surface area contributed by atoms with Crippen LogP contribution in [0, 0.1) is 0 Å². The topological polar surface area (TPSA) is 84.5 Å². The van der Waals surface area contributed by atoms with Crippen molar-refractivity contribution < 1.29 is 19.1 Å². The van der Waals surface area contributed by atoms with E-state index in [-0.39, 0.29) is 11.9 Å². The van der Waals surface area contributed by atoms with Gasteiger partial charge in [-0.05, 0) is 38.3 Å². The SMILES string of the molecule is C[C@H](NC(=O)/C=C/c1ccccc1)C(=O)O[C@H](C)C(=O)NC1CCCCCC1. The molecule has 1 aromatic carbocycles. The second-order valence-corrected chi connectivity index (χ2v) is 7.25. The number of nitrogens with one attached hydrogen (secondary N) is 2. The molecular weight excluding hydrogens is 356 g/mol. The Kier molecular flexibility index (Phi) is 8.72. The van der Waals surface area contributed by atoms with Crippen LogP contribution in [0.15, 0.2) is 36.4 Å². The highest BCUT2D eigenvalue weighted by atomic mass is 16.5. The first-order chi connectivity index (χ1) is 13.5. The fourth-order valence-corrected chi connectivity index (χ4v) is 3.13. The van der Waals surface area contributed by atoms with E-state index < -0.39 is 24.0 Å². The molecule has 1 aliphatic carbocycles. The van der Waals surface area contributed by atoms with Gasteiger partial charge in [-0.2, -0.15) is 0 Å². The summed E-state index contributed by atoms with van der Waals surface area (Å²) >= 11 is 0. The summed E-state index contributed by atoms with van der Waals surface area (Å²) in [6.07, 6.45) is 8.68. The molecule has 0 heterocycles. The maximum atomic E-state index is 12.3. The van der Waals surface area contributed by atoms with Crippen molar-refractivity contribution in [3.8, 4) is 0 Å². The molecule has 2 amide bonds. The molecule has 6 heteroatoms. The van der Waals surface area contributed by atoms with E-state index in [0.717, 1.165) is 31.2 Å². The average molecular weight is 386 g/mol. The molecule has 2 atom stereocenters. The van der Waals surface area contributed by atoms with Crippen LogP contribution in [-0.4, -0.2) is 36.0 Å². The Morgan fingerprint density at radius 1 is 1.04 bits per heavy atom. The highest BCUT2D eigenvalue weighted by Gasteiger charge is 2.24. The van der Waals surface area contributed by atoms with Gasteiger partial charge < -0.3 is 15.4 Å². The van der Waals surface area contributed by atoms with Gasteiger partial charge in [-0.3, -0.25) is 9.59 Å². The molecule has 6 nitrogen and oxygen atoms in total. The van der Waals surface area contributed by atoms with Gasteiger partial charge in [-0.25, -0.2) is 4.79 Å². The number of rotatable bonds is 7.